The Morgan fingerprint density at radius 2 is 1.30 bits per heavy atom. The van der Waals surface area contributed by atoms with Crippen LogP contribution >= 0.6 is 12.4 Å². The van der Waals surface area contributed by atoms with E-state index in [4.69, 9.17) is 9.47 Å². The third kappa shape index (κ3) is 4.99. The van der Waals surface area contributed by atoms with Crippen molar-refractivity contribution < 1.29 is 9.47 Å². The molecular formula is C6H14ClNO2. The van der Waals surface area contributed by atoms with E-state index in [0.29, 0.717) is 0 Å². The van der Waals surface area contributed by atoms with Gasteiger partial charge in [-0.15, -0.1) is 12.4 Å². The van der Waals surface area contributed by atoms with Gasteiger partial charge in [0.1, 0.15) is 0 Å². The molecule has 0 unspecified atom stereocenters. The first-order chi connectivity index (χ1) is 4.50. The van der Waals surface area contributed by atoms with Crippen molar-refractivity contribution in [2.45, 2.75) is 0 Å². The highest BCUT2D eigenvalue weighted by molar-refractivity contribution is 5.85. The Bertz CT molecular complexity index is 44.2. The number of ether oxygens (including phenoxy) is 2. The molecule has 0 amide bonds. The van der Waals surface area contributed by atoms with Gasteiger partial charge in [-0.05, 0) is 0 Å². The number of hydrogen-bond donors (Lipinski definition) is 1. The van der Waals surface area contributed by atoms with E-state index in [2.05, 4.69) is 5.32 Å². The molecule has 1 N–H and O–H groups in total. The highest BCUT2D eigenvalue weighted by Gasteiger charge is 1.93. The van der Waals surface area contributed by atoms with Gasteiger partial charge in [-0.2, -0.15) is 0 Å². The van der Waals surface area contributed by atoms with Crippen LogP contribution in [0, 0.1) is 0 Å². The van der Waals surface area contributed by atoms with Gasteiger partial charge in [0.05, 0.1) is 26.4 Å². The zero-order valence-corrected chi connectivity index (χ0v) is 6.78. The summed E-state index contributed by atoms with van der Waals surface area (Å²) in [7, 11) is 0. The summed E-state index contributed by atoms with van der Waals surface area (Å²) < 4.78 is 10.3. The maximum absolute atomic E-state index is 5.17. The van der Waals surface area contributed by atoms with Crippen molar-refractivity contribution in [3.05, 3.63) is 0 Å². The lowest BCUT2D eigenvalue weighted by Crippen LogP contribution is -2.21. The highest BCUT2D eigenvalue weighted by Crippen LogP contribution is 1.80. The van der Waals surface area contributed by atoms with Gasteiger partial charge in [-0.3, -0.25) is 0 Å². The van der Waals surface area contributed by atoms with Crippen LogP contribution in [0.25, 0.3) is 0 Å². The number of halogens is 1. The summed E-state index contributed by atoms with van der Waals surface area (Å²) in [6, 6.07) is 0. The number of hydrogen-bond acceptors (Lipinski definition) is 3. The van der Waals surface area contributed by atoms with Crippen molar-refractivity contribution in [1.29, 1.82) is 0 Å². The normalized spacial score (nSPS) is 21.6. The minimum absolute atomic E-state index is 0. The van der Waals surface area contributed by atoms with Crippen molar-refractivity contribution in [2.75, 3.05) is 39.5 Å². The van der Waals surface area contributed by atoms with Crippen molar-refractivity contribution in [1.82, 2.24) is 5.32 Å². The van der Waals surface area contributed by atoms with Gasteiger partial charge in [0, 0.05) is 13.1 Å². The van der Waals surface area contributed by atoms with Crippen LogP contribution in [0.2, 0.25) is 0 Å². The molecule has 1 heterocycles. The Hall–Kier alpha value is 0.170. The summed E-state index contributed by atoms with van der Waals surface area (Å²) in [5.41, 5.74) is 0. The van der Waals surface area contributed by atoms with E-state index in [9.17, 15) is 0 Å². The Kier molecular flexibility index (Phi) is 7.40. The Morgan fingerprint density at radius 1 is 0.800 bits per heavy atom. The molecule has 3 nitrogen and oxygen atoms in total. The lowest BCUT2D eigenvalue weighted by Gasteiger charge is -1.98. The third-order valence-corrected chi connectivity index (χ3v) is 1.22. The second-order valence-electron chi connectivity index (χ2n) is 1.97. The van der Waals surface area contributed by atoms with E-state index < -0.39 is 0 Å². The molecule has 0 aliphatic carbocycles. The van der Waals surface area contributed by atoms with Gasteiger partial charge < -0.3 is 14.8 Å². The van der Waals surface area contributed by atoms with Crippen molar-refractivity contribution in [3.63, 3.8) is 0 Å². The summed E-state index contributed by atoms with van der Waals surface area (Å²) in [5.74, 6) is 0. The molecule has 0 aromatic carbocycles. The predicted octanol–water partition coefficient (Wildman–Crippen LogP) is 0.0446. The molecule has 4 heteroatoms. The summed E-state index contributed by atoms with van der Waals surface area (Å²) in [6.45, 7) is 4.99. The van der Waals surface area contributed by atoms with E-state index in [1.807, 2.05) is 0 Å². The maximum Gasteiger partial charge on any atom is 0.0701 e. The summed E-state index contributed by atoms with van der Waals surface area (Å²) >= 11 is 0. The van der Waals surface area contributed by atoms with Crippen LogP contribution in [0.15, 0.2) is 0 Å². The van der Waals surface area contributed by atoms with Crippen molar-refractivity contribution >= 4 is 12.4 Å². The van der Waals surface area contributed by atoms with Gasteiger partial charge >= 0.3 is 0 Å². The zero-order valence-electron chi connectivity index (χ0n) is 5.97. The molecule has 0 bridgehead atoms. The zero-order chi connectivity index (χ0) is 6.36. The standard InChI is InChI=1S/C6H13NO2.ClH/c1-3-8-5-6-9-4-2-7-1;/h7H,1-6H2;1H. The average molecular weight is 168 g/mol. The molecule has 1 fully saturated rings. The van der Waals surface area contributed by atoms with Crippen LogP contribution in [0.5, 0.6) is 0 Å². The topological polar surface area (TPSA) is 30.5 Å². The van der Waals surface area contributed by atoms with Crippen molar-refractivity contribution in [3.8, 4) is 0 Å². The second-order valence-corrected chi connectivity index (χ2v) is 1.97. The van der Waals surface area contributed by atoms with Crippen LogP contribution in [0.3, 0.4) is 0 Å². The van der Waals surface area contributed by atoms with E-state index in [1.54, 1.807) is 0 Å². The Morgan fingerprint density at radius 3 is 1.80 bits per heavy atom. The van der Waals surface area contributed by atoms with Crippen LogP contribution in [-0.2, 0) is 9.47 Å². The van der Waals surface area contributed by atoms with Gasteiger partial charge in [0.15, 0.2) is 0 Å². The molecule has 0 radical (unpaired) electrons. The molecule has 0 spiro atoms. The molecule has 0 aromatic rings. The Balaban J connectivity index is 0.000000810. The molecule has 10 heavy (non-hydrogen) atoms. The van der Waals surface area contributed by atoms with Gasteiger partial charge in [0.25, 0.3) is 0 Å². The van der Waals surface area contributed by atoms with Crippen LogP contribution in [0.1, 0.15) is 0 Å². The molecule has 1 aliphatic rings. The molecule has 1 aliphatic heterocycles. The average Bonchev–Trinajstić information content (AvgIpc) is 2.00. The molecule has 62 valence electrons. The lowest BCUT2D eigenvalue weighted by molar-refractivity contribution is 0.0629. The fourth-order valence-corrected chi connectivity index (χ4v) is 0.736. The summed E-state index contributed by atoms with van der Waals surface area (Å²) in [6.07, 6.45) is 0. The van der Waals surface area contributed by atoms with Crippen LogP contribution in [0.4, 0.5) is 0 Å². The largest absolute Gasteiger partial charge is 0.378 e. The number of rotatable bonds is 0. The molecule has 1 rings (SSSR count). The van der Waals surface area contributed by atoms with Crippen LogP contribution < -0.4 is 5.32 Å². The fourth-order valence-electron chi connectivity index (χ4n) is 0.736. The Labute approximate surface area is 67.5 Å². The van der Waals surface area contributed by atoms with Crippen molar-refractivity contribution in [2.24, 2.45) is 0 Å². The fraction of sp³-hybridized carbons (Fsp3) is 1.00. The molecule has 0 aromatic heterocycles. The smallest absolute Gasteiger partial charge is 0.0701 e. The first-order valence-electron chi connectivity index (χ1n) is 3.36. The van der Waals surface area contributed by atoms with Gasteiger partial charge in [-0.1, -0.05) is 0 Å². The molecular weight excluding hydrogens is 154 g/mol. The van der Waals surface area contributed by atoms with E-state index in [-0.39, 0.29) is 12.4 Å². The van der Waals surface area contributed by atoms with E-state index >= 15 is 0 Å². The minimum atomic E-state index is 0. The summed E-state index contributed by atoms with van der Waals surface area (Å²) in [5, 5.41) is 3.18. The van der Waals surface area contributed by atoms with E-state index in [1.165, 1.54) is 0 Å². The maximum atomic E-state index is 5.17. The first-order valence-corrected chi connectivity index (χ1v) is 3.36. The first kappa shape index (κ1) is 10.2. The lowest BCUT2D eigenvalue weighted by atomic mass is 10.6. The van der Waals surface area contributed by atoms with Gasteiger partial charge in [0.2, 0.25) is 0 Å². The molecule has 0 atom stereocenters. The molecule has 1 saturated heterocycles. The predicted molar refractivity (Wildman–Crippen MR) is 41.8 cm³/mol. The quantitative estimate of drug-likeness (QED) is 0.553. The van der Waals surface area contributed by atoms with Crippen LogP contribution in [-0.4, -0.2) is 39.5 Å². The second kappa shape index (κ2) is 7.28. The monoisotopic (exact) mass is 167 g/mol. The minimum Gasteiger partial charge on any atom is -0.378 e. The number of nitrogens with one attached hydrogen (secondary N) is 1. The molecule has 0 saturated carbocycles. The highest BCUT2D eigenvalue weighted by atomic mass is 35.5. The van der Waals surface area contributed by atoms with Gasteiger partial charge in [-0.25, -0.2) is 0 Å². The summed E-state index contributed by atoms with van der Waals surface area (Å²) in [4.78, 5) is 0. The van der Waals surface area contributed by atoms with E-state index in [0.717, 1.165) is 39.5 Å². The SMILES string of the molecule is C1COCCOCCN1.Cl. The third-order valence-electron chi connectivity index (χ3n) is 1.22.